The minimum Gasteiger partial charge on any atom is -0.378 e. The Morgan fingerprint density at radius 2 is 1.88 bits per heavy atom. The molecule has 1 heterocycles. The Kier molecular flexibility index (Phi) is 3.33. The number of aromatic nitrogens is 1. The molecule has 0 aliphatic rings. The van der Waals surface area contributed by atoms with Gasteiger partial charge in [-0.15, -0.1) is 11.3 Å². The number of aryl methyl sites for hydroxylation is 1. The van der Waals surface area contributed by atoms with Gasteiger partial charge in [-0.3, -0.25) is 0 Å². The predicted octanol–water partition coefficient (Wildman–Crippen LogP) is 2.69. The lowest BCUT2D eigenvalue weighted by Crippen LogP contribution is -2.08. The topological polar surface area (TPSA) is 42.1 Å². The zero-order valence-electron chi connectivity index (χ0n) is 10.4. The zero-order chi connectivity index (χ0) is 12.4. The van der Waals surface area contributed by atoms with Crippen molar-refractivity contribution in [1.29, 1.82) is 0 Å². The Bertz CT molecular complexity index is 500. The van der Waals surface area contributed by atoms with Crippen molar-refractivity contribution >= 4 is 22.2 Å². The first kappa shape index (κ1) is 11.9. The summed E-state index contributed by atoms with van der Waals surface area (Å²) in [6.45, 7) is 2.07. The molecular formula is C13H17N3S. The molecule has 0 radical (unpaired) electrons. The number of nitrogens with zero attached hydrogens (tertiary/aromatic N) is 2. The molecule has 17 heavy (non-hydrogen) atoms. The fourth-order valence-corrected chi connectivity index (χ4v) is 2.42. The second-order valence-electron chi connectivity index (χ2n) is 4.29. The van der Waals surface area contributed by atoms with Crippen molar-refractivity contribution in [3.8, 4) is 0 Å². The highest BCUT2D eigenvalue weighted by atomic mass is 32.1. The van der Waals surface area contributed by atoms with Gasteiger partial charge in [-0.05, 0) is 24.6 Å². The molecule has 0 fully saturated rings. The van der Waals surface area contributed by atoms with Crippen molar-refractivity contribution < 1.29 is 0 Å². The lowest BCUT2D eigenvalue weighted by molar-refractivity contribution is 1.08. The molecule has 3 nitrogen and oxygen atoms in total. The molecule has 90 valence electrons. The van der Waals surface area contributed by atoms with E-state index in [-0.39, 0.29) is 0 Å². The molecule has 2 aromatic rings. The van der Waals surface area contributed by atoms with Crippen molar-refractivity contribution in [3.63, 3.8) is 0 Å². The lowest BCUT2D eigenvalue weighted by atomic mass is 10.1. The van der Waals surface area contributed by atoms with Crippen LogP contribution in [0.2, 0.25) is 0 Å². The summed E-state index contributed by atoms with van der Waals surface area (Å²) < 4.78 is 0. The summed E-state index contributed by atoms with van der Waals surface area (Å²) in [5.74, 6) is 0. The van der Waals surface area contributed by atoms with Gasteiger partial charge in [-0.1, -0.05) is 12.1 Å². The summed E-state index contributed by atoms with van der Waals surface area (Å²) in [7, 11) is 4.08. The van der Waals surface area contributed by atoms with E-state index in [4.69, 9.17) is 5.73 Å². The van der Waals surface area contributed by atoms with Gasteiger partial charge < -0.3 is 10.6 Å². The number of nitrogen functional groups attached to an aromatic ring is 1. The van der Waals surface area contributed by atoms with E-state index in [1.54, 1.807) is 11.3 Å². The molecule has 0 saturated carbocycles. The first-order chi connectivity index (χ1) is 8.06. The predicted molar refractivity (Wildman–Crippen MR) is 74.8 cm³/mol. The van der Waals surface area contributed by atoms with Crippen LogP contribution in [0.4, 0.5) is 10.8 Å². The molecule has 2 N–H and O–H groups in total. The molecule has 0 aliphatic carbocycles. The van der Waals surface area contributed by atoms with Crippen LogP contribution in [0, 0.1) is 6.92 Å². The summed E-state index contributed by atoms with van der Waals surface area (Å²) in [6.07, 6.45) is 0.854. The Hall–Kier alpha value is -1.55. The average molecular weight is 247 g/mol. The largest absolute Gasteiger partial charge is 0.378 e. The van der Waals surface area contributed by atoms with E-state index in [9.17, 15) is 0 Å². The monoisotopic (exact) mass is 247 g/mol. The van der Waals surface area contributed by atoms with Crippen LogP contribution in [0.3, 0.4) is 0 Å². The Morgan fingerprint density at radius 1 is 1.24 bits per heavy atom. The lowest BCUT2D eigenvalue weighted by Gasteiger charge is -2.12. The Morgan fingerprint density at radius 3 is 2.35 bits per heavy atom. The third kappa shape index (κ3) is 2.77. The summed E-state index contributed by atoms with van der Waals surface area (Å²) in [4.78, 5) is 7.65. The minimum absolute atomic E-state index is 0.655. The average Bonchev–Trinajstić information content (AvgIpc) is 2.58. The van der Waals surface area contributed by atoms with Gasteiger partial charge in [0.2, 0.25) is 0 Å². The number of anilines is 2. The second kappa shape index (κ2) is 4.75. The molecule has 0 aliphatic heterocycles. The number of benzene rings is 1. The van der Waals surface area contributed by atoms with Crippen molar-refractivity contribution in [3.05, 3.63) is 40.4 Å². The van der Waals surface area contributed by atoms with Crippen molar-refractivity contribution in [2.24, 2.45) is 0 Å². The zero-order valence-corrected chi connectivity index (χ0v) is 11.2. The molecule has 0 saturated heterocycles. The van der Waals surface area contributed by atoms with E-state index in [0.717, 1.165) is 12.1 Å². The minimum atomic E-state index is 0.655. The summed E-state index contributed by atoms with van der Waals surface area (Å²) in [5, 5.41) is 0.655. The van der Waals surface area contributed by atoms with E-state index in [1.165, 1.54) is 16.1 Å². The SMILES string of the molecule is Cc1sc(N)nc1Cc1ccc(N(C)C)cc1. The van der Waals surface area contributed by atoms with Gasteiger partial charge in [0.1, 0.15) is 0 Å². The molecule has 1 aromatic heterocycles. The molecule has 0 spiro atoms. The van der Waals surface area contributed by atoms with Gasteiger partial charge in [0.05, 0.1) is 5.69 Å². The van der Waals surface area contributed by atoms with Crippen LogP contribution < -0.4 is 10.6 Å². The van der Waals surface area contributed by atoms with Crippen LogP contribution in [-0.4, -0.2) is 19.1 Å². The van der Waals surface area contributed by atoms with Crippen LogP contribution in [0.15, 0.2) is 24.3 Å². The fourth-order valence-electron chi connectivity index (χ4n) is 1.72. The maximum Gasteiger partial charge on any atom is 0.180 e. The Balaban J connectivity index is 2.16. The van der Waals surface area contributed by atoms with Crippen LogP contribution in [0.5, 0.6) is 0 Å². The van der Waals surface area contributed by atoms with E-state index in [2.05, 4.69) is 41.1 Å². The highest BCUT2D eigenvalue weighted by Crippen LogP contribution is 2.22. The number of nitrogens with two attached hydrogens (primary N) is 1. The van der Waals surface area contributed by atoms with Crippen molar-refractivity contribution in [1.82, 2.24) is 4.98 Å². The highest BCUT2D eigenvalue weighted by molar-refractivity contribution is 7.15. The van der Waals surface area contributed by atoms with Gasteiger partial charge in [-0.25, -0.2) is 4.98 Å². The fraction of sp³-hybridized carbons (Fsp3) is 0.308. The molecule has 1 aromatic carbocycles. The molecule has 0 bridgehead atoms. The summed E-state index contributed by atoms with van der Waals surface area (Å²) in [5.41, 5.74) is 9.26. The normalized spacial score (nSPS) is 10.5. The maximum absolute atomic E-state index is 5.70. The van der Waals surface area contributed by atoms with Gasteiger partial charge in [0, 0.05) is 31.1 Å². The van der Waals surface area contributed by atoms with Crippen LogP contribution in [0.25, 0.3) is 0 Å². The molecule has 0 atom stereocenters. The number of rotatable bonds is 3. The highest BCUT2D eigenvalue weighted by Gasteiger charge is 2.06. The van der Waals surface area contributed by atoms with Crippen LogP contribution >= 0.6 is 11.3 Å². The van der Waals surface area contributed by atoms with E-state index in [1.807, 2.05) is 14.1 Å². The van der Waals surface area contributed by atoms with Gasteiger partial charge in [0.15, 0.2) is 5.13 Å². The Labute approximate surface area is 106 Å². The number of hydrogen-bond donors (Lipinski definition) is 1. The third-order valence-electron chi connectivity index (χ3n) is 2.73. The molecule has 4 heteroatoms. The van der Waals surface area contributed by atoms with Crippen molar-refractivity contribution in [2.75, 3.05) is 24.7 Å². The van der Waals surface area contributed by atoms with Gasteiger partial charge >= 0.3 is 0 Å². The van der Waals surface area contributed by atoms with Gasteiger partial charge in [-0.2, -0.15) is 0 Å². The maximum atomic E-state index is 5.70. The van der Waals surface area contributed by atoms with E-state index >= 15 is 0 Å². The van der Waals surface area contributed by atoms with E-state index < -0.39 is 0 Å². The smallest absolute Gasteiger partial charge is 0.180 e. The van der Waals surface area contributed by atoms with Gasteiger partial charge in [0.25, 0.3) is 0 Å². The molecule has 0 amide bonds. The third-order valence-corrected chi connectivity index (χ3v) is 3.58. The molecule has 2 rings (SSSR count). The first-order valence-corrected chi connectivity index (χ1v) is 6.36. The standard InChI is InChI=1S/C13H17N3S/c1-9-12(15-13(14)17-9)8-10-4-6-11(7-5-10)16(2)3/h4-7H,8H2,1-3H3,(H2,14,15). The quantitative estimate of drug-likeness (QED) is 0.906. The van der Waals surface area contributed by atoms with E-state index in [0.29, 0.717) is 5.13 Å². The van der Waals surface area contributed by atoms with Crippen molar-refractivity contribution in [2.45, 2.75) is 13.3 Å². The van der Waals surface area contributed by atoms with Crippen LogP contribution in [0.1, 0.15) is 16.1 Å². The first-order valence-electron chi connectivity index (χ1n) is 5.54. The molecular weight excluding hydrogens is 230 g/mol. The number of hydrogen-bond acceptors (Lipinski definition) is 4. The van der Waals surface area contributed by atoms with Crippen LogP contribution in [-0.2, 0) is 6.42 Å². The summed E-state index contributed by atoms with van der Waals surface area (Å²) in [6, 6.07) is 8.54. The number of thiazole rings is 1. The summed E-state index contributed by atoms with van der Waals surface area (Å²) >= 11 is 1.55. The molecule has 0 unspecified atom stereocenters. The second-order valence-corrected chi connectivity index (χ2v) is 5.53.